The average molecular weight is 880 g/mol. The van der Waals surface area contributed by atoms with E-state index in [1.807, 2.05) is 12.1 Å². The first-order valence-electron chi connectivity index (χ1n) is 23.6. The van der Waals surface area contributed by atoms with E-state index in [1.54, 1.807) is 0 Å². The summed E-state index contributed by atoms with van der Waals surface area (Å²) in [7, 11) is 0. The quantitative estimate of drug-likeness (QED) is 0.101. The number of hydrogen-bond donors (Lipinski definition) is 0. The molecule has 0 spiro atoms. The molecule has 1 aromatic heterocycles. The number of pyridine rings is 1. The summed E-state index contributed by atoms with van der Waals surface area (Å²) >= 11 is 0. The van der Waals surface area contributed by atoms with Gasteiger partial charge >= 0.3 is 0 Å². The maximum atomic E-state index is 5.51. The van der Waals surface area contributed by atoms with Crippen LogP contribution in [0.15, 0.2) is 274 Å². The van der Waals surface area contributed by atoms with Crippen LogP contribution in [-0.2, 0) is 0 Å². The van der Waals surface area contributed by atoms with Crippen LogP contribution >= 0.6 is 0 Å². The van der Waals surface area contributed by atoms with Gasteiger partial charge in [0.1, 0.15) is 0 Å². The summed E-state index contributed by atoms with van der Waals surface area (Å²) in [6.45, 7) is 4.06. The van der Waals surface area contributed by atoms with E-state index in [0.717, 1.165) is 73.2 Å². The first kappa shape index (κ1) is 41.4. The van der Waals surface area contributed by atoms with E-state index >= 15 is 0 Å². The third kappa shape index (κ3) is 7.68. The lowest BCUT2D eigenvalue weighted by atomic mass is 9.33. The van der Waals surface area contributed by atoms with Crippen molar-refractivity contribution >= 4 is 57.1 Å². The average Bonchev–Trinajstić information content (AvgIpc) is 3.43. The molecule has 3 nitrogen and oxygen atoms in total. The molecule has 0 amide bonds. The highest BCUT2D eigenvalue weighted by Crippen LogP contribution is 2.47. The molecule has 69 heavy (non-hydrogen) atoms. The van der Waals surface area contributed by atoms with E-state index in [-0.39, 0.29) is 6.71 Å². The highest BCUT2D eigenvalue weighted by Gasteiger charge is 2.44. The van der Waals surface area contributed by atoms with Crippen LogP contribution in [0.1, 0.15) is 5.56 Å². The van der Waals surface area contributed by atoms with Crippen LogP contribution in [0.25, 0.3) is 61.5 Å². The van der Waals surface area contributed by atoms with Gasteiger partial charge in [-0.2, -0.15) is 0 Å². The summed E-state index contributed by atoms with van der Waals surface area (Å²) < 4.78 is 0. The second kappa shape index (κ2) is 18.0. The minimum absolute atomic E-state index is 0.127. The zero-order valence-corrected chi connectivity index (χ0v) is 38.0. The number of allylic oxidation sites excluding steroid dienone is 4. The Morgan fingerprint density at radius 3 is 1.64 bits per heavy atom. The van der Waals surface area contributed by atoms with Crippen LogP contribution in [0, 0.1) is 0 Å². The van der Waals surface area contributed by atoms with Crippen molar-refractivity contribution in [3.8, 4) is 55.9 Å². The van der Waals surface area contributed by atoms with Crippen molar-refractivity contribution in [1.82, 2.24) is 4.98 Å². The number of hydrogen-bond acceptors (Lipinski definition) is 3. The molecule has 0 saturated heterocycles. The molecular formula is C65H46BN3. The summed E-state index contributed by atoms with van der Waals surface area (Å²) in [4.78, 5) is 10.4. The van der Waals surface area contributed by atoms with Crippen molar-refractivity contribution in [2.24, 2.45) is 0 Å². The Morgan fingerprint density at radius 2 is 0.971 bits per heavy atom. The zero-order chi connectivity index (χ0) is 46.1. The molecule has 0 aliphatic carbocycles. The number of fused-ring (bicyclic) bond motifs is 4. The molecule has 10 aromatic rings. The summed E-state index contributed by atoms with van der Waals surface area (Å²) in [5.74, 6) is 0. The largest absolute Gasteiger partial charge is 0.318 e. The van der Waals surface area contributed by atoms with Gasteiger partial charge in [-0.25, -0.2) is 4.98 Å². The van der Waals surface area contributed by atoms with Gasteiger partial charge in [-0.05, 0) is 116 Å². The maximum absolute atomic E-state index is 5.51. The summed E-state index contributed by atoms with van der Waals surface area (Å²) in [6.07, 6.45) is 8.47. The van der Waals surface area contributed by atoms with Gasteiger partial charge in [0.25, 0.3) is 6.71 Å². The fraction of sp³-hybridized carbons (Fsp3) is 0. The van der Waals surface area contributed by atoms with E-state index in [9.17, 15) is 0 Å². The lowest BCUT2D eigenvalue weighted by Crippen LogP contribution is -2.61. The highest BCUT2D eigenvalue weighted by atomic mass is 15.2. The molecule has 0 saturated carbocycles. The van der Waals surface area contributed by atoms with Crippen molar-refractivity contribution in [2.45, 2.75) is 0 Å². The molecule has 324 valence electrons. The third-order valence-corrected chi connectivity index (χ3v) is 13.5. The smallest absolute Gasteiger partial charge is 0.252 e. The molecule has 9 aromatic carbocycles. The SMILES string of the molecule is C=C/C(=C\C=C\N1c2ccc(-c3ccccc3)cc2B2c3cc(-c4ccccc4)cc(-c4cccc(-c5ccccc5)n4)c3N(c3ccc(-c4ccccc4)cc3)c3cccc1c32)c1ccccc1. The van der Waals surface area contributed by atoms with Gasteiger partial charge in [0, 0.05) is 40.1 Å². The van der Waals surface area contributed by atoms with E-state index in [4.69, 9.17) is 4.98 Å². The van der Waals surface area contributed by atoms with Gasteiger partial charge in [-0.3, -0.25) is 0 Å². The Balaban J connectivity index is 1.15. The first-order chi connectivity index (χ1) is 34.2. The molecule has 3 heterocycles. The summed E-state index contributed by atoms with van der Waals surface area (Å²) in [6, 6.07) is 87.3. The lowest BCUT2D eigenvalue weighted by Gasteiger charge is -2.44. The molecule has 0 radical (unpaired) electrons. The Bertz CT molecular complexity index is 3550. The van der Waals surface area contributed by atoms with Crippen molar-refractivity contribution in [3.63, 3.8) is 0 Å². The zero-order valence-electron chi connectivity index (χ0n) is 38.0. The standard InChI is InChI=1S/C65H46BN3/c1-2-46(47-21-8-3-9-22-47)31-20-42-68-61-41-38-53(49-25-12-5-13-26-49)44-57(61)66-58-45-54(50-27-14-6-15-28-50)43-56(60-33-18-32-59(67-60)52-29-16-7-17-30-52)65(58)69(63-35-19-34-62(68)64(63)66)55-39-36-51(37-40-55)48-23-10-4-11-24-48/h2-45H,1H2/b42-20+,46-31+. The predicted octanol–water partition coefficient (Wildman–Crippen LogP) is 15.0. The normalized spacial score (nSPS) is 12.6. The van der Waals surface area contributed by atoms with Gasteiger partial charge in [0.15, 0.2) is 0 Å². The monoisotopic (exact) mass is 879 g/mol. The molecule has 12 rings (SSSR count). The minimum Gasteiger partial charge on any atom is -0.318 e. The number of aromatic nitrogens is 1. The Kier molecular flexibility index (Phi) is 10.8. The molecule has 0 atom stereocenters. The van der Waals surface area contributed by atoms with E-state index < -0.39 is 0 Å². The molecule has 2 aliphatic rings. The fourth-order valence-corrected chi connectivity index (χ4v) is 10.3. The van der Waals surface area contributed by atoms with Crippen molar-refractivity contribution in [2.75, 3.05) is 9.80 Å². The number of nitrogens with zero attached hydrogens (tertiary/aromatic N) is 3. The molecule has 0 N–H and O–H groups in total. The third-order valence-electron chi connectivity index (χ3n) is 13.5. The van der Waals surface area contributed by atoms with Crippen LogP contribution in [0.5, 0.6) is 0 Å². The number of benzene rings is 9. The van der Waals surface area contributed by atoms with Gasteiger partial charge < -0.3 is 9.80 Å². The molecule has 2 aliphatic heterocycles. The van der Waals surface area contributed by atoms with Crippen LogP contribution < -0.4 is 26.2 Å². The minimum atomic E-state index is -0.127. The Morgan fingerprint density at radius 1 is 0.435 bits per heavy atom. The Hall–Kier alpha value is -8.99. The number of rotatable bonds is 10. The molecule has 0 fully saturated rings. The highest BCUT2D eigenvalue weighted by molar-refractivity contribution is 7.00. The molecule has 4 heteroatoms. The number of anilines is 5. The Labute approximate surface area is 405 Å². The van der Waals surface area contributed by atoms with Crippen LogP contribution in [-0.4, -0.2) is 11.7 Å². The fourth-order valence-electron chi connectivity index (χ4n) is 10.3. The van der Waals surface area contributed by atoms with Crippen molar-refractivity contribution < 1.29 is 0 Å². The van der Waals surface area contributed by atoms with Crippen LogP contribution in [0.4, 0.5) is 28.4 Å². The van der Waals surface area contributed by atoms with Gasteiger partial charge in [-0.1, -0.05) is 213 Å². The second-order valence-electron chi connectivity index (χ2n) is 17.5. The molecule has 0 unspecified atom stereocenters. The second-order valence-corrected chi connectivity index (χ2v) is 17.5. The molecular weight excluding hydrogens is 834 g/mol. The van der Waals surface area contributed by atoms with E-state index in [1.165, 1.54) is 38.6 Å². The topological polar surface area (TPSA) is 19.4 Å². The van der Waals surface area contributed by atoms with Gasteiger partial charge in [-0.15, -0.1) is 0 Å². The van der Waals surface area contributed by atoms with Gasteiger partial charge in [0.2, 0.25) is 0 Å². The maximum Gasteiger partial charge on any atom is 0.252 e. The lowest BCUT2D eigenvalue weighted by molar-refractivity contribution is 1.24. The predicted molar refractivity (Wildman–Crippen MR) is 293 cm³/mol. The van der Waals surface area contributed by atoms with Gasteiger partial charge in [0.05, 0.1) is 17.1 Å². The van der Waals surface area contributed by atoms with Crippen LogP contribution in [0.3, 0.4) is 0 Å². The van der Waals surface area contributed by atoms with Crippen molar-refractivity contribution in [3.05, 3.63) is 279 Å². The summed E-state index contributed by atoms with van der Waals surface area (Å²) in [5, 5.41) is 0. The van der Waals surface area contributed by atoms with Crippen LogP contribution in [0.2, 0.25) is 0 Å². The first-order valence-corrected chi connectivity index (χ1v) is 23.6. The van der Waals surface area contributed by atoms with E-state index in [0.29, 0.717) is 0 Å². The van der Waals surface area contributed by atoms with Crippen molar-refractivity contribution in [1.29, 1.82) is 0 Å². The summed E-state index contributed by atoms with van der Waals surface area (Å²) in [5.41, 5.74) is 22.5. The van der Waals surface area contributed by atoms with E-state index in [2.05, 4.69) is 271 Å². The molecule has 0 bridgehead atoms.